The van der Waals surface area contributed by atoms with Crippen molar-refractivity contribution in [3.05, 3.63) is 27.7 Å². The van der Waals surface area contributed by atoms with E-state index in [2.05, 4.69) is 0 Å². The fourth-order valence-electron chi connectivity index (χ4n) is 2.17. The Kier molecular flexibility index (Phi) is 4.74. The van der Waals surface area contributed by atoms with Gasteiger partial charge in [0, 0.05) is 24.7 Å². The zero-order valence-corrected chi connectivity index (χ0v) is 12.7. The summed E-state index contributed by atoms with van der Waals surface area (Å²) in [6, 6.07) is 2.93. The molecule has 1 aliphatic rings. The second kappa shape index (κ2) is 5.97. The van der Waals surface area contributed by atoms with Crippen LogP contribution in [0.25, 0.3) is 0 Å². The minimum atomic E-state index is -3.55. The molecule has 0 amide bonds. The predicted molar refractivity (Wildman–Crippen MR) is 77.0 cm³/mol. The molecule has 4 nitrogen and oxygen atoms in total. The van der Waals surface area contributed by atoms with Crippen LogP contribution in [0.5, 0.6) is 0 Å². The monoisotopic (exact) mass is 322 g/mol. The van der Waals surface area contributed by atoms with Gasteiger partial charge < -0.3 is 5.73 Å². The Morgan fingerprint density at radius 3 is 2.32 bits per heavy atom. The number of halogens is 2. The van der Waals surface area contributed by atoms with E-state index >= 15 is 0 Å². The molecule has 1 aromatic carbocycles. The Balaban J connectivity index is 2.44. The highest BCUT2D eigenvalue weighted by molar-refractivity contribution is 7.89. The van der Waals surface area contributed by atoms with Crippen molar-refractivity contribution in [2.75, 3.05) is 13.1 Å². The fraction of sp³-hybridized carbons (Fsp3) is 0.500. The van der Waals surface area contributed by atoms with Crippen molar-refractivity contribution < 1.29 is 8.42 Å². The maximum absolute atomic E-state index is 12.5. The third kappa shape index (κ3) is 3.06. The fourth-order valence-corrected chi connectivity index (χ4v) is 4.54. The molecule has 0 bridgehead atoms. The van der Waals surface area contributed by atoms with E-state index in [0.29, 0.717) is 23.7 Å². The first kappa shape index (κ1) is 15.1. The minimum Gasteiger partial charge on any atom is -0.326 e. The quantitative estimate of drug-likeness (QED) is 0.930. The standard InChI is InChI=1S/C12H16Cl2N2O2S/c13-10-7-11(14)12(6-9(10)8-15)19(17,18)16-4-2-1-3-5-16/h6-7H,1-5,8,15H2. The summed E-state index contributed by atoms with van der Waals surface area (Å²) < 4.78 is 26.6. The maximum atomic E-state index is 12.5. The van der Waals surface area contributed by atoms with Crippen molar-refractivity contribution >= 4 is 33.2 Å². The van der Waals surface area contributed by atoms with E-state index < -0.39 is 10.0 Å². The molecular formula is C12H16Cl2N2O2S. The van der Waals surface area contributed by atoms with Crippen molar-refractivity contribution in [1.29, 1.82) is 0 Å². The zero-order valence-electron chi connectivity index (χ0n) is 10.4. The van der Waals surface area contributed by atoms with Gasteiger partial charge in [-0.15, -0.1) is 0 Å². The van der Waals surface area contributed by atoms with Crippen molar-refractivity contribution in [3.63, 3.8) is 0 Å². The topological polar surface area (TPSA) is 63.4 Å². The Morgan fingerprint density at radius 2 is 1.74 bits per heavy atom. The normalized spacial score (nSPS) is 17.6. The largest absolute Gasteiger partial charge is 0.326 e. The van der Waals surface area contributed by atoms with Gasteiger partial charge in [0.05, 0.1) is 5.02 Å². The average Bonchev–Trinajstić information content (AvgIpc) is 2.39. The van der Waals surface area contributed by atoms with Gasteiger partial charge in [-0.05, 0) is 30.5 Å². The number of hydrogen-bond acceptors (Lipinski definition) is 3. The van der Waals surface area contributed by atoms with Crippen LogP contribution < -0.4 is 5.73 Å². The minimum absolute atomic E-state index is 0.0981. The van der Waals surface area contributed by atoms with Crippen molar-refractivity contribution in [1.82, 2.24) is 4.31 Å². The van der Waals surface area contributed by atoms with Gasteiger partial charge in [-0.3, -0.25) is 0 Å². The van der Waals surface area contributed by atoms with Gasteiger partial charge in [0.15, 0.2) is 0 Å². The van der Waals surface area contributed by atoms with E-state index in [1.54, 1.807) is 0 Å². The molecular weight excluding hydrogens is 307 g/mol. The number of hydrogen-bond donors (Lipinski definition) is 1. The number of piperidine rings is 1. The molecule has 1 fully saturated rings. The van der Waals surface area contributed by atoms with E-state index in [1.165, 1.54) is 16.4 Å². The lowest BCUT2D eigenvalue weighted by Gasteiger charge is -2.26. The number of nitrogens with zero attached hydrogens (tertiary/aromatic N) is 1. The molecule has 106 valence electrons. The lowest BCUT2D eigenvalue weighted by Crippen LogP contribution is -2.35. The van der Waals surface area contributed by atoms with Crippen LogP contribution in [-0.2, 0) is 16.6 Å². The molecule has 19 heavy (non-hydrogen) atoms. The summed E-state index contributed by atoms with van der Waals surface area (Å²) in [5.74, 6) is 0. The van der Waals surface area contributed by atoms with Crippen LogP contribution in [-0.4, -0.2) is 25.8 Å². The molecule has 2 N–H and O–H groups in total. The number of sulfonamides is 1. The van der Waals surface area contributed by atoms with Crippen LogP contribution in [0.1, 0.15) is 24.8 Å². The second-order valence-electron chi connectivity index (χ2n) is 4.54. The first-order valence-corrected chi connectivity index (χ1v) is 8.34. The van der Waals surface area contributed by atoms with E-state index in [4.69, 9.17) is 28.9 Å². The third-order valence-electron chi connectivity index (χ3n) is 3.25. The molecule has 0 unspecified atom stereocenters. The molecule has 1 saturated heterocycles. The van der Waals surface area contributed by atoms with Crippen molar-refractivity contribution in [3.8, 4) is 0 Å². The average molecular weight is 323 g/mol. The second-order valence-corrected chi connectivity index (χ2v) is 7.26. The highest BCUT2D eigenvalue weighted by atomic mass is 35.5. The lowest BCUT2D eigenvalue weighted by molar-refractivity contribution is 0.346. The van der Waals surface area contributed by atoms with Crippen LogP contribution in [0.15, 0.2) is 17.0 Å². The van der Waals surface area contributed by atoms with Gasteiger partial charge in [0.2, 0.25) is 10.0 Å². The van der Waals surface area contributed by atoms with Crippen LogP contribution in [0, 0.1) is 0 Å². The van der Waals surface area contributed by atoms with E-state index in [0.717, 1.165) is 19.3 Å². The predicted octanol–water partition coefficient (Wildman–Crippen LogP) is 2.63. The first-order chi connectivity index (χ1) is 8.96. The van der Waals surface area contributed by atoms with Crippen LogP contribution in [0.2, 0.25) is 10.0 Å². The molecule has 0 saturated carbocycles. The van der Waals surface area contributed by atoms with Gasteiger partial charge in [-0.25, -0.2) is 8.42 Å². The van der Waals surface area contributed by atoms with E-state index in [-0.39, 0.29) is 16.5 Å². The summed E-state index contributed by atoms with van der Waals surface area (Å²) in [6.45, 7) is 1.26. The SMILES string of the molecule is NCc1cc(S(=O)(=O)N2CCCCC2)c(Cl)cc1Cl. The summed E-state index contributed by atoms with van der Waals surface area (Å²) in [5.41, 5.74) is 6.14. The van der Waals surface area contributed by atoms with Gasteiger partial charge in [0.25, 0.3) is 0 Å². The summed E-state index contributed by atoms with van der Waals surface area (Å²) in [6.07, 6.45) is 2.83. The van der Waals surface area contributed by atoms with Crippen molar-refractivity contribution in [2.24, 2.45) is 5.73 Å². The summed E-state index contributed by atoms with van der Waals surface area (Å²) >= 11 is 12.0. The van der Waals surface area contributed by atoms with Gasteiger partial charge in [-0.2, -0.15) is 4.31 Å². The zero-order chi connectivity index (χ0) is 14.0. The van der Waals surface area contributed by atoms with Gasteiger partial charge >= 0.3 is 0 Å². The van der Waals surface area contributed by atoms with Crippen LogP contribution in [0.3, 0.4) is 0 Å². The summed E-state index contributed by atoms with van der Waals surface area (Å²) in [4.78, 5) is 0.0981. The molecule has 2 rings (SSSR count). The van der Waals surface area contributed by atoms with Crippen LogP contribution >= 0.6 is 23.2 Å². The highest BCUT2D eigenvalue weighted by Gasteiger charge is 2.28. The first-order valence-electron chi connectivity index (χ1n) is 6.15. The Hall–Kier alpha value is -0.330. The molecule has 0 spiro atoms. The highest BCUT2D eigenvalue weighted by Crippen LogP contribution is 2.31. The number of nitrogens with two attached hydrogens (primary N) is 1. The molecule has 0 radical (unpaired) electrons. The smallest absolute Gasteiger partial charge is 0.244 e. The lowest BCUT2D eigenvalue weighted by atomic mass is 10.2. The molecule has 0 aliphatic carbocycles. The molecule has 7 heteroatoms. The summed E-state index contributed by atoms with van der Waals surface area (Å²) in [7, 11) is -3.55. The molecule has 0 atom stereocenters. The molecule has 1 aliphatic heterocycles. The Labute approximate surface area is 123 Å². The van der Waals surface area contributed by atoms with E-state index in [9.17, 15) is 8.42 Å². The van der Waals surface area contributed by atoms with E-state index in [1.807, 2.05) is 0 Å². The maximum Gasteiger partial charge on any atom is 0.244 e. The Bertz CT molecular complexity index is 569. The number of benzene rings is 1. The van der Waals surface area contributed by atoms with Crippen molar-refractivity contribution in [2.45, 2.75) is 30.7 Å². The molecule has 0 aromatic heterocycles. The Morgan fingerprint density at radius 1 is 1.11 bits per heavy atom. The molecule has 1 aromatic rings. The number of rotatable bonds is 3. The summed E-state index contributed by atoms with van der Waals surface area (Å²) in [5, 5.41) is 0.540. The third-order valence-corrected chi connectivity index (χ3v) is 5.97. The van der Waals surface area contributed by atoms with Gasteiger partial charge in [0.1, 0.15) is 4.90 Å². The van der Waals surface area contributed by atoms with Gasteiger partial charge in [-0.1, -0.05) is 29.6 Å². The molecule has 1 heterocycles. The van der Waals surface area contributed by atoms with Crippen LogP contribution in [0.4, 0.5) is 0 Å².